The second kappa shape index (κ2) is 9.97. The maximum atomic E-state index is 6.00. The molecule has 0 saturated carbocycles. The van der Waals surface area contributed by atoms with Crippen LogP contribution in [0.4, 0.5) is 0 Å². The largest absolute Gasteiger partial charge is 0.374 e. The molecule has 2 heteroatoms. The van der Waals surface area contributed by atoms with Crippen molar-refractivity contribution in [1.29, 1.82) is 0 Å². The van der Waals surface area contributed by atoms with Gasteiger partial charge in [-0.25, -0.2) is 0 Å². The topological polar surface area (TPSA) is 21.3 Å². The number of hydrogen-bond donors (Lipinski definition) is 1. The first-order valence-corrected chi connectivity index (χ1v) is 8.38. The summed E-state index contributed by atoms with van der Waals surface area (Å²) in [6.45, 7) is 14.0. The molecule has 1 N–H and O–H groups in total. The summed E-state index contributed by atoms with van der Waals surface area (Å²) in [6, 6.07) is 8.65. The SMILES string of the molecule is CC(C)CNCCc1ccccc1COC(C)CC(C)C. The summed E-state index contributed by atoms with van der Waals surface area (Å²) in [5.74, 6) is 1.40. The fraction of sp³-hybridized carbons (Fsp3) is 0.684. The van der Waals surface area contributed by atoms with Crippen molar-refractivity contribution in [2.75, 3.05) is 13.1 Å². The van der Waals surface area contributed by atoms with Gasteiger partial charge in [-0.1, -0.05) is 52.0 Å². The van der Waals surface area contributed by atoms with Crippen molar-refractivity contribution in [3.63, 3.8) is 0 Å². The van der Waals surface area contributed by atoms with E-state index in [4.69, 9.17) is 4.74 Å². The highest BCUT2D eigenvalue weighted by molar-refractivity contribution is 5.26. The van der Waals surface area contributed by atoms with Crippen LogP contribution in [-0.4, -0.2) is 19.2 Å². The van der Waals surface area contributed by atoms with E-state index in [1.165, 1.54) is 11.1 Å². The molecule has 0 heterocycles. The van der Waals surface area contributed by atoms with Crippen molar-refractivity contribution in [3.05, 3.63) is 35.4 Å². The molecule has 1 rings (SSSR count). The van der Waals surface area contributed by atoms with Gasteiger partial charge in [0.15, 0.2) is 0 Å². The highest BCUT2D eigenvalue weighted by atomic mass is 16.5. The number of hydrogen-bond acceptors (Lipinski definition) is 2. The van der Waals surface area contributed by atoms with Crippen LogP contribution in [0.15, 0.2) is 24.3 Å². The van der Waals surface area contributed by atoms with Crippen LogP contribution in [-0.2, 0) is 17.8 Å². The van der Waals surface area contributed by atoms with Crippen molar-refractivity contribution >= 4 is 0 Å². The van der Waals surface area contributed by atoms with E-state index < -0.39 is 0 Å². The summed E-state index contributed by atoms with van der Waals surface area (Å²) in [5, 5.41) is 3.51. The Balaban J connectivity index is 2.43. The fourth-order valence-electron chi connectivity index (χ4n) is 2.52. The van der Waals surface area contributed by atoms with Crippen LogP contribution in [0.2, 0.25) is 0 Å². The minimum atomic E-state index is 0.331. The Morgan fingerprint density at radius 3 is 2.24 bits per heavy atom. The highest BCUT2D eigenvalue weighted by Crippen LogP contribution is 2.14. The summed E-state index contributed by atoms with van der Waals surface area (Å²) in [5.41, 5.74) is 2.74. The second-order valence-corrected chi connectivity index (χ2v) is 6.87. The third-order valence-electron chi connectivity index (χ3n) is 3.57. The van der Waals surface area contributed by atoms with Gasteiger partial charge < -0.3 is 10.1 Å². The summed E-state index contributed by atoms with van der Waals surface area (Å²) in [6.07, 6.45) is 2.53. The van der Waals surface area contributed by atoms with E-state index in [2.05, 4.69) is 64.2 Å². The number of benzene rings is 1. The quantitative estimate of drug-likeness (QED) is 0.644. The first kappa shape index (κ1) is 18.2. The predicted octanol–water partition coefficient (Wildman–Crippen LogP) is 4.43. The van der Waals surface area contributed by atoms with E-state index in [0.29, 0.717) is 17.9 Å². The summed E-state index contributed by atoms with van der Waals surface area (Å²) < 4.78 is 6.00. The zero-order valence-electron chi connectivity index (χ0n) is 14.5. The Morgan fingerprint density at radius 2 is 1.62 bits per heavy atom. The van der Waals surface area contributed by atoms with Crippen LogP contribution >= 0.6 is 0 Å². The molecule has 2 nitrogen and oxygen atoms in total. The molecule has 0 radical (unpaired) electrons. The maximum absolute atomic E-state index is 6.00. The lowest BCUT2D eigenvalue weighted by atomic mass is 10.0. The fourth-order valence-corrected chi connectivity index (χ4v) is 2.52. The molecule has 1 aromatic carbocycles. The number of ether oxygens (including phenoxy) is 1. The number of nitrogens with one attached hydrogen (secondary N) is 1. The molecular weight excluding hydrogens is 258 g/mol. The molecule has 0 aliphatic carbocycles. The van der Waals surface area contributed by atoms with Gasteiger partial charge >= 0.3 is 0 Å². The van der Waals surface area contributed by atoms with E-state index in [1.807, 2.05) is 0 Å². The number of rotatable bonds is 10. The highest BCUT2D eigenvalue weighted by Gasteiger charge is 2.07. The van der Waals surface area contributed by atoms with E-state index in [0.717, 1.165) is 32.5 Å². The lowest BCUT2D eigenvalue weighted by Crippen LogP contribution is -2.22. The van der Waals surface area contributed by atoms with Crippen molar-refractivity contribution in [2.45, 2.75) is 60.2 Å². The Kier molecular flexibility index (Phi) is 8.63. The van der Waals surface area contributed by atoms with Crippen LogP contribution in [0.5, 0.6) is 0 Å². The average Bonchev–Trinajstić information content (AvgIpc) is 2.41. The van der Waals surface area contributed by atoms with E-state index in [-0.39, 0.29) is 0 Å². The van der Waals surface area contributed by atoms with Crippen LogP contribution in [0.25, 0.3) is 0 Å². The van der Waals surface area contributed by atoms with Crippen molar-refractivity contribution in [1.82, 2.24) is 5.32 Å². The van der Waals surface area contributed by atoms with Gasteiger partial charge in [0.25, 0.3) is 0 Å². The minimum absolute atomic E-state index is 0.331. The zero-order valence-corrected chi connectivity index (χ0v) is 14.5. The van der Waals surface area contributed by atoms with Crippen molar-refractivity contribution in [2.24, 2.45) is 11.8 Å². The van der Waals surface area contributed by atoms with Gasteiger partial charge in [0.05, 0.1) is 12.7 Å². The lowest BCUT2D eigenvalue weighted by Gasteiger charge is -2.17. The second-order valence-electron chi connectivity index (χ2n) is 6.87. The molecule has 0 spiro atoms. The van der Waals surface area contributed by atoms with Gasteiger partial charge in [-0.15, -0.1) is 0 Å². The molecule has 0 bridgehead atoms. The van der Waals surface area contributed by atoms with Gasteiger partial charge in [-0.2, -0.15) is 0 Å². The molecular formula is C19H33NO. The predicted molar refractivity (Wildman–Crippen MR) is 91.6 cm³/mol. The summed E-state index contributed by atoms with van der Waals surface area (Å²) in [7, 11) is 0. The summed E-state index contributed by atoms with van der Waals surface area (Å²) >= 11 is 0. The smallest absolute Gasteiger partial charge is 0.0723 e. The first-order chi connectivity index (χ1) is 9.99. The van der Waals surface area contributed by atoms with Crippen LogP contribution in [0, 0.1) is 11.8 Å². The van der Waals surface area contributed by atoms with Gasteiger partial charge in [-0.3, -0.25) is 0 Å². The average molecular weight is 291 g/mol. The molecule has 0 saturated heterocycles. The van der Waals surface area contributed by atoms with E-state index in [1.54, 1.807) is 0 Å². The maximum Gasteiger partial charge on any atom is 0.0723 e. The van der Waals surface area contributed by atoms with E-state index in [9.17, 15) is 0 Å². The third kappa shape index (κ3) is 8.23. The van der Waals surface area contributed by atoms with Gasteiger partial charge in [0, 0.05) is 0 Å². The molecule has 0 aliphatic heterocycles. The molecule has 1 aromatic rings. The summed E-state index contributed by atoms with van der Waals surface area (Å²) in [4.78, 5) is 0. The monoisotopic (exact) mass is 291 g/mol. The molecule has 0 aromatic heterocycles. The molecule has 1 unspecified atom stereocenters. The van der Waals surface area contributed by atoms with Crippen molar-refractivity contribution in [3.8, 4) is 0 Å². The van der Waals surface area contributed by atoms with Crippen LogP contribution < -0.4 is 5.32 Å². The molecule has 0 aliphatic rings. The molecule has 0 amide bonds. The Hall–Kier alpha value is -0.860. The first-order valence-electron chi connectivity index (χ1n) is 8.38. The normalized spacial score (nSPS) is 13.1. The Labute approximate surface area is 131 Å². The lowest BCUT2D eigenvalue weighted by molar-refractivity contribution is 0.0393. The van der Waals surface area contributed by atoms with Gasteiger partial charge in [-0.05, 0) is 55.8 Å². The van der Waals surface area contributed by atoms with Crippen molar-refractivity contribution < 1.29 is 4.74 Å². The Morgan fingerprint density at radius 1 is 0.952 bits per heavy atom. The molecule has 120 valence electrons. The zero-order chi connectivity index (χ0) is 15.7. The van der Waals surface area contributed by atoms with E-state index >= 15 is 0 Å². The van der Waals surface area contributed by atoms with Crippen LogP contribution in [0.1, 0.15) is 52.2 Å². The molecule has 21 heavy (non-hydrogen) atoms. The third-order valence-corrected chi connectivity index (χ3v) is 3.57. The Bertz CT molecular complexity index is 387. The van der Waals surface area contributed by atoms with Gasteiger partial charge in [0.2, 0.25) is 0 Å². The molecule has 1 atom stereocenters. The standard InChI is InChI=1S/C19H33NO/c1-15(2)12-17(5)21-14-19-9-7-6-8-18(19)10-11-20-13-16(3)4/h6-9,15-17,20H,10-14H2,1-5H3. The van der Waals surface area contributed by atoms with Crippen LogP contribution in [0.3, 0.4) is 0 Å². The molecule has 0 fully saturated rings. The van der Waals surface area contributed by atoms with Gasteiger partial charge in [0.1, 0.15) is 0 Å². The minimum Gasteiger partial charge on any atom is -0.374 e.